The molecule has 0 unspecified atom stereocenters. The molecule has 0 saturated heterocycles. The van der Waals surface area contributed by atoms with Gasteiger partial charge in [0, 0.05) is 19.2 Å². The number of aromatic amines is 1. The van der Waals surface area contributed by atoms with E-state index >= 15 is 0 Å². The Balaban J connectivity index is 1.37. The average molecular weight is 379 g/mol. The van der Waals surface area contributed by atoms with E-state index in [1.54, 1.807) is 6.92 Å². The molecule has 10 nitrogen and oxygen atoms in total. The van der Waals surface area contributed by atoms with Gasteiger partial charge < -0.3 is 14.8 Å². The Kier molecular flexibility index (Phi) is 4.67. The van der Waals surface area contributed by atoms with Gasteiger partial charge in [-0.2, -0.15) is 4.98 Å². The molecule has 0 atom stereocenters. The van der Waals surface area contributed by atoms with E-state index in [2.05, 4.69) is 30.4 Å². The summed E-state index contributed by atoms with van der Waals surface area (Å²) in [5, 5.41) is 6.46. The van der Waals surface area contributed by atoms with Crippen molar-refractivity contribution >= 4 is 16.9 Å². The van der Waals surface area contributed by atoms with E-state index in [1.165, 1.54) is 17.1 Å². The molecule has 0 fully saturated rings. The molecule has 4 aromatic rings. The van der Waals surface area contributed by atoms with Crippen LogP contribution in [0.3, 0.4) is 0 Å². The molecule has 4 rings (SSSR count). The van der Waals surface area contributed by atoms with Crippen LogP contribution in [-0.4, -0.2) is 35.6 Å². The van der Waals surface area contributed by atoms with Crippen molar-refractivity contribution in [2.45, 2.75) is 26.4 Å². The van der Waals surface area contributed by atoms with Gasteiger partial charge in [-0.15, -0.1) is 0 Å². The molecule has 3 heterocycles. The Morgan fingerprint density at radius 2 is 2.14 bits per heavy atom. The molecule has 0 radical (unpaired) electrons. The minimum atomic E-state index is -0.344. The molecule has 10 heteroatoms. The summed E-state index contributed by atoms with van der Waals surface area (Å²) in [5.41, 5.74) is 1.62. The summed E-state index contributed by atoms with van der Waals surface area (Å²) >= 11 is 0. The summed E-state index contributed by atoms with van der Waals surface area (Å²) in [6, 6.07) is 7.64. The highest BCUT2D eigenvalue weighted by Gasteiger charge is 2.14. The number of fused-ring (bicyclic) bond motifs is 1. The summed E-state index contributed by atoms with van der Waals surface area (Å²) in [4.78, 5) is 40.3. The highest BCUT2D eigenvalue weighted by Crippen LogP contribution is 2.11. The Labute approximate surface area is 158 Å². The summed E-state index contributed by atoms with van der Waals surface area (Å²) in [7, 11) is 0. The van der Waals surface area contributed by atoms with Gasteiger partial charge in [0.2, 0.25) is 5.91 Å². The second-order valence-electron chi connectivity index (χ2n) is 6.18. The average Bonchev–Trinajstić information content (AvgIpc) is 3.31. The molecule has 1 aromatic carbocycles. The number of nitrogens with zero attached hydrogens (tertiary/aromatic N) is 5. The molecule has 0 aliphatic carbocycles. The third-order valence-corrected chi connectivity index (χ3v) is 4.13. The van der Waals surface area contributed by atoms with Gasteiger partial charge in [0.1, 0.15) is 11.4 Å². The number of nitrogens with one attached hydrogen (secondary N) is 2. The monoisotopic (exact) mass is 379 g/mol. The molecule has 0 bridgehead atoms. The fourth-order valence-electron chi connectivity index (χ4n) is 2.75. The van der Waals surface area contributed by atoms with Crippen molar-refractivity contribution < 1.29 is 9.32 Å². The molecule has 0 spiro atoms. The molecule has 0 saturated carbocycles. The van der Waals surface area contributed by atoms with E-state index in [9.17, 15) is 9.59 Å². The van der Waals surface area contributed by atoms with Crippen LogP contribution in [-0.2, 0) is 17.9 Å². The second-order valence-corrected chi connectivity index (χ2v) is 6.18. The third-order valence-electron chi connectivity index (χ3n) is 4.13. The summed E-state index contributed by atoms with van der Waals surface area (Å²) in [6.07, 6.45) is 2.86. The van der Waals surface area contributed by atoms with Crippen molar-refractivity contribution in [3.8, 4) is 11.5 Å². The Bertz CT molecular complexity index is 1160. The number of aromatic nitrogens is 6. The number of hydrogen-bond acceptors (Lipinski definition) is 7. The van der Waals surface area contributed by atoms with E-state index in [-0.39, 0.29) is 42.4 Å². The number of carbonyl (C=O) groups excluding carboxylic acids is 1. The number of H-pyrrole nitrogens is 1. The first-order valence-corrected chi connectivity index (χ1v) is 8.65. The number of imidazole rings is 1. The third kappa shape index (κ3) is 3.65. The molecule has 1 amide bonds. The van der Waals surface area contributed by atoms with Crippen molar-refractivity contribution in [3.05, 3.63) is 58.8 Å². The zero-order valence-corrected chi connectivity index (χ0v) is 15.0. The molecule has 142 valence electrons. The molecule has 2 N–H and O–H groups in total. The SMILES string of the molecule is Cc1noc(-c2cncn(CCC(=O)NCc3nc4ccccc4[nH]3)c2=O)n1. The Morgan fingerprint density at radius 3 is 2.93 bits per heavy atom. The van der Waals surface area contributed by atoms with Crippen molar-refractivity contribution in [2.24, 2.45) is 0 Å². The lowest BCUT2D eigenvalue weighted by molar-refractivity contribution is -0.121. The maximum Gasteiger partial charge on any atom is 0.266 e. The smallest absolute Gasteiger partial charge is 0.266 e. The van der Waals surface area contributed by atoms with Crippen LogP contribution >= 0.6 is 0 Å². The summed E-state index contributed by atoms with van der Waals surface area (Å²) in [6.45, 7) is 2.12. The van der Waals surface area contributed by atoms with E-state index in [1.807, 2.05) is 24.3 Å². The fraction of sp³-hybridized carbons (Fsp3) is 0.222. The molecule has 0 aliphatic heterocycles. The van der Waals surface area contributed by atoms with Crippen molar-refractivity contribution in [2.75, 3.05) is 0 Å². The quantitative estimate of drug-likeness (QED) is 0.514. The summed E-state index contributed by atoms with van der Waals surface area (Å²) < 4.78 is 6.36. The standard InChI is InChI=1S/C18H17N7O3/c1-11-21-17(28-24-11)12-8-19-10-25(18(12)27)7-6-16(26)20-9-15-22-13-4-2-3-5-14(13)23-15/h2-5,8,10H,6-7,9H2,1H3,(H,20,26)(H,22,23). The number of hydrogen-bond donors (Lipinski definition) is 2. The van der Waals surface area contributed by atoms with Gasteiger partial charge in [0.25, 0.3) is 11.4 Å². The lowest BCUT2D eigenvalue weighted by Crippen LogP contribution is -2.28. The van der Waals surface area contributed by atoms with Crippen LogP contribution in [0.15, 0.2) is 46.1 Å². The Hall–Kier alpha value is -3.82. The predicted octanol–water partition coefficient (Wildman–Crippen LogP) is 1.18. The largest absolute Gasteiger partial charge is 0.349 e. The molecule has 3 aromatic heterocycles. The van der Waals surface area contributed by atoms with Gasteiger partial charge in [0.15, 0.2) is 5.82 Å². The Morgan fingerprint density at radius 1 is 1.29 bits per heavy atom. The van der Waals surface area contributed by atoms with Gasteiger partial charge in [0.05, 0.1) is 23.9 Å². The fourth-order valence-corrected chi connectivity index (χ4v) is 2.75. The van der Waals surface area contributed by atoms with Crippen LogP contribution in [0.2, 0.25) is 0 Å². The van der Waals surface area contributed by atoms with Gasteiger partial charge in [-0.25, -0.2) is 9.97 Å². The summed E-state index contributed by atoms with van der Waals surface area (Å²) in [5.74, 6) is 1.00. The van der Waals surface area contributed by atoms with E-state index in [0.717, 1.165) is 11.0 Å². The van der Waals surface area contributed by atoms with Crippen LogP contribution in [0.25, 0.3) is 22.5 Å². The topological polar surface area (TPSA) is 132 Å². The maximum atomic E-state index is 12.5. The first-order chi connectivity index (χ1) is 13.6. The van der Waals surface area contributed by atoms with Crippen LogP contribution in [0, 0.1) is 6.92 Å². The first-order valence-electron chi connectivity index (χ1n) is 8.65. The number of carbonyl (C=O) groups is 1. The van der Waals surface area contributed by atoms with Crippen LogP contribution in [0.1, 0.15) is 18.1 Å². The van der Waals surface area contributed by atoms with Crippen LogP contribution < -0.4 is 10.9 Å². The van der Waals surface area contributed by atoms with Gasteiger partial charge in [-0.3, -0.25) is 14.2 Å². The number of benzene rings is 1. The van der Waals surface area contributed by atoms with Gasteiger partial charge >= 0.3 is 0 Å². The van der Waals surface area contributed by atoms with E-state index in [4.69, 9.17) is 4.52 Å². The minimum absolute atomic E-state index is 0.110. The number of amides is 1. The van der Waals surface area contributed by atoms with Crippen molar-refractivity contribution in [1.82, 2.24) is 35.0 Å². The highest BCUT2D eigenvalue weighted by molar-refractivity contribution is 5.76. The predicted molar refractivity (Wildman–Crippen MR) is 99.1 cm³/mol. The number of rotatable bonds is 6. The number of aryl methyl sites for hydroxylation is 2. The van der Waals surface area contributed by atoms with Crippen molar-refractivity contribution in [1.29, 1.82) is 0 Å². The van der Waals surface area contributed by atoms with Gasteiger partial charge in [-0.1, -0.05) is 17.3 Å². The van der Waals surface area contributed by atoms with Gasteiger partial charge in [-0.05, 0) is 19.1 Å². The zero-order chi connectivity index (χ0) is 19.5. The van der Waals surface area contributed by atoms with E-state index in [0.29, 0.717) is 11.6 Å². The molecular weight excluding hydrogens is 362 g/mol. The number of para-hydroxylation sites is 2. The molecular formula is C18H17N7O3. The van der Waals surface area contributed by atoms with Crippen LogP contribution in [0.4, 0.5) is 0 Å². The minimum Gasteiger partial charge on any atom is -0.349 e. The molecule has 28 heavy (non-hydrogen) atoms. The second kappa shape index (κ2) is 7.43. The highest BCUT2D eigenvalue weighted by atomic mass is 16.5. The lowest BCUT2D eigenvalue weighted by Gasteiger charge is -2.06. The normalized spacial score (nSPS) is 11.0. The zero-order valence-electron chi connectivity index (χ0n) is 15.0. The first kappa shape index (κ1) is 17.6. The molecule has 0 aliphatic rings. The van der Waals surface area contributed by atoms with Crippen molar-refractivity contribution in [3.63, 3.8) is 0 Å². The maximum absolute atomic E-state index is 12.5. The lowest BCUT2D eigenvalue weighted by atomic mass is 10.3. The van der Waals surface area contributed by atoms with E-state index < -0.39 is 0 Å². The van der Waals surface area contributed by atoms with Crippen LogP contribution in [0.5, 0.6) is 0 Å².